The Bertz CT molecular complexity index is 1200. The average Bonchev–Trinajstić information content (AvgIpc) is 3.33. The topological polar surface area (TPSA) is 75.6 Å². The third-order valence-electron chi connectivity index (χ3n) is 4.29. The number of carbonyl (C=O) groups is 1. The minimum Gasteiger partial charge on any atom is -0.302 e. The molecule has 4 rings (SSSR count). The molecule has 2 aromatic heterocycles. The largest absolute Gasteiger partial charge is 0.302 e. The highest BCUT2D eigenvalue weighted by Crippen LogP contribution is 2.27. The van der Waals surface area contributed by atoms with E-state index in [0.29, 0.717) is 32.9 Å². The number of nitrogens with one attached hydrogen (secondary N) is 2. The summed E-state index contributed by atoms with van der Waals surface area (Å²) >= 11 is 24.5. The summed E-state index contributed by atoms with van der Waals surface area (Å²) in [6.45, 7) is 0.304. The van der Waals surface area contributed by atoms with Crippen molar-refractivity contribution in [3.63, 3.8) is 0 Å². The lowest BCUT2D eigenvalue weighted by molar-refractivity contribution is 0.102. The molecule has 2 N–H and O–H groups in total. The number of carbonyl (C=O) groups excluding carboxylic acids is 1. The number of nitrogens with zero attached hydrogens (tertiary/aromatic N) is 3. The first-order valence-electron chi connectivity index (χ1n) is 8.69. The molecule has 0 aliphatic heterocycles. The van der Waals surface area contributed by atoms with Crippen LogP contribution in [0.25, 0.3) is 11.3 Å². The average molecular weight is 481 g/mol. The first-order chi connectivity index (χ1) is 14.4. The van der Waals surface area contributed by atoms with Crippen LogP contribution < -0.4 is 5.32 Å². The van der Waals surface area contributed by atoms with Crippen molar-refractivity contribution in [1.29, 1.82) is 0 Å². The van der Waals surface area contributed by atoms with E-state index in [4.69, 9.17) is 46.4 Å². The quantitative estimate of drug-likeness (QED) is 0.357. The monoisotopic (exact) mass is 479 g/mol. The van der Waals surface area contributed by atoms with Crippen molar-refractivity contribution < 1.29 is 4.79 Å². The maximum absolute atomic E-state index is 12.6. The Kier molecular flexibility index (Phi) is 6.01. The highest BCUT2D eigenvalue weighted by atomic mass is 35.5. The molecule has 0 fully saturated rings. The molecule has 0 aliphatic rings. The van der Waals surface area contributed by atoms with Crippen molar-refractivity contribution in [2.45, 2.75) is 6.54 Å². The van der Waals surface area contributed by atoms with E-state index in [0.717, 1.165) is 5.56 Å². The van der Waals surface area contributed by atoms with Crippen molar-refractivity contribution in [3.05, 3.63) is 86.1 Å². The zero-order valence-electron chi connectivity index (χ0n) is 15.2. The van der Waals surface area contributed by atoms with Crippen LogP contribution in [0.5, 0.6) is 0 Å². The fraction of sp³-hybridized carbons (Fsp3) is 0.0500. The first-order valence-corrected chi connectivity index (χ1v) is 10.2. The lowest BCUT2D eigenvalue weighted by Crippen LogP contribution is -2.13. The summed E-state index contributed by atoms with van der Waals surface area (Å²) in [4.78, 5) is 12.6. The summed E-state index contributed by atoms with van der Waals surface area (Å²) in [6, 6.07) is 14.0. The molecule has 6 nitrogen and oxygen atoms in total. The van der Waals surface area contributed by atoms with Gasteiger partial charge in [0.25, 0.3) is 5.91 Å². The van der Waals surface area contributed by atoms with Gasteiger partial charge in [-0.3, -0.25) is 14.6 Å². The number of rotatable bonds is 5. The van der Waals surface area contributed by atoms with Gasteiger partial charge in [-0.15, -0.1) is 0 Å². The Labute approximate surface area is 191 Å². The van der Waals surface area contributed by atoms with Crippen molar-refractivity contribution in [3.8, 4) is 11.3 Å². The van der Waals surface area contributed by atoms with Crippen LogP contribution in [0, 0.1) is 0 Å². The van der Waals surface area contributed by atoms with E-state index < -0.39 is 5.91 Å². The van der Waals surface area contributed by atoms with E-state index in [1.807, 2.05) is 12.1 Å². The van der Waals surface area contributed by atoms with Gasteiger partial charge in [-0.1, -0.05) is 64.6 Å². The predicted octanol–water partition coefficient (Wildman–Crippen LogP) is 6.19. The Balaban J connectivity index is 1.50. The number of halogens is 4. The van der Waals surface area contributed by atoms with Crippen molar-refractivity contribution in [2.75, 3.05) is 5.32 Å². The molecule has 0 bridgehead atoms. The highest BCUT2D eigenvalue weighted by molar-refractivity contribution is 6.36. The van der Waals surface area contributed by atoms with Crippen LogP contribution in [0.4, 0.5) is 5.82 Å². The van der Waals surface area contributed by atoms with Gasteiger partial charge in [0, 0.05) is 32.4 Å². The van der Waals surface area contributed by atoms with Crippen LogP contribution in [0.2, 0.25) is 20.1 Å². The molecule has 0 spiro atoms. The lowest BCUT2D eigenvalue weighted by atomic mass is 10.1. The number of hydrogen-bond acceptors (Lipinski definition) is 3. The zero-order chi connectivity index (χ0) is 21.3. The molecule has 2 heterocycles. The van der Waals surface area contributed by atoms with E-state index in [9.17, 15) is 4.79 Å². The van der Waals surface area contributed by atoms with E-state index >= 15 is 0 Å². The van der Waals surface area contributed by atoms with Gasteiger partial charge in [-0.2, -0.15) is 10.2 Å². The van der Waals surface area contributed by atoms with Crippen LogP contribution >= 0.6 is 46.4 Å². The molecular weight excluding hydrogens is 468 g/mol. The molecule has 0 unspecified atom stereocenters. The van der Waals surface area contributed by atoms with Crippen LogP contribution in [-0.2, 0) is 6.54 Å². The predicted molar refractivity (Wildman–Crippen MR) is 120 cm³/mol. The fourth-order valence-corrected chi connectivity index (χ4v) is 3.63. The number of aromatic amines is 1. The van der Waals surface area contributed by atoms with E-state index in [-0.39, 0.29) is 16.5 Å². The summed E-state index contributed by atoms with van der Waals surface area (Å²) in [5.41, 5.74) is 2.41. The van der Waals surface area contributed by atoms with Gasteiger partial charge in [0.1, 0.15) is 10.7 Å². The summed E-state index contributed by atoms with van der Waals surface area (Å²) in [5, 5.41) is 15.8. The van der Waals surface area contributed by atoms with Crippen LogP contribution in [-0.4, -0.2) is 25.9 Å². The number of hydrogen-bond donors (Lipinski definition) is 2. The normalized spacial score (nSPS) is 10.9. The van der Waals surface area contributed by atoms with Crippen molar-refractivity contribution in [2.24, 2.45) is 0 Å². The standard InChI is InChI=1S/C20H13Cl4N5O/c21-12-6-4-11(5-7-12)17-8-18(27-26-17)20(30)25-19-16(24)10-29(28-19)9-13-14(22)2-1-3-15(13)23/h1-8,10H,9H2,(H,26,27)(H,25,28,30). The van der Waals surface area contributed by atoms with E-state index in [1.165, 1.54) is 0 Å². The maximum Gasteiger partial charge on any atom is 0.274 e. The molecule has 10 heteroatoms. The molecule has 152 valence electrons. The van der Waals surface area contributed by atoms with Crippen LogP contribution in [0.3, 0.4) is 0 Å². The fourth-order valence-electron chi connectivity index (χ4n) is 2.79. The molecule has 1 amide bonds. The molecular formula is C20H13Cl4N5O. The van der Waals surface area contributed by atoms with E-state index in [1.54, 1.807) is 47.3 Å². The second-order valence-corrected chi connectivity index (χ2v) is 8.01. The van der Waals surface area contributed by atoms with Gasteiger partial charge in [0.05, 0.1) is 12.2 Å². The SMILES string of the molecule is O=C(Nc1nn(Cc2c(Cl)cccc2Cl)cc1Cl)c1cc(-c2ccc(Cl)cc2)n[nH]1. The Hall–Kier alpha value is -2.51. The van der Waals surface area contributed by atoms with Gasteiger partial charge < -0.3 is 5.32 Å². The zero-order valence-corrected chi connectivity index (χ0v) is 18.2. The molecule has 0 radical (unpaired) electrons. The van der Waals surface area contributed by atoms with Gasteiger partial charge in [-0.25, -0.2) is 0 Å². The lowest BCUT2D eigenvalue weighted by Gasteiger charge is -2.06. The summed E-state index contributed by atoms with van der Waals surface area (Å²) < 4.78 is 1.55. The van der Waals surface area contributed by atoms with Crippen LogP contribution in [0.1, 0.15) is 16.1 Å². The van der Waals surface area contributed by atoms with Crippen molar-refractivity contribution in [1.82, 2.24) is 20.0 Å². The molecule has 4 aromatic rings. The highest BCUT2D eigenvalue weighted by Gasteiger charge is 2.16. The van der Waals surface area contributed by atoms with Gasteiger partial charge in [-0.05, 0) is 30.3 Å². The molecule has 0 atom stereocenters. The summed E-state index contributed by atoms with van der Waals surface area (Å²) in [5.74, 6) is -0.210. The summed E-state index contributed by atoms with van der Waals surface area (Å²) in [7, 11) is 0. The minimum atomic E-state index is -0.425. The van der Waals surface area contributed by atoms with Crippen LogP contribution in [0.15, 0.2) is 54.7 Å². The number of anilines is 1. The first kappa shape index (κ1) is 20.8. The molecule has 0 saturated heterocycles. The maximum atomic E-state index is 12.6. The number of amides is 1. The molecule has 2 aromatic carbocycles. The van der Waals surface area contributed by atoms with Gasteiger partial charge >= 0.3 is 0 Å². The molecule has 30 heavy (non-hydrogen) atoms. The second-order valence-electron chi connectivity index (χ2n) is 6.35. The third-order valence-corrected chi connectivity index (χ3v) is 5.53. The number of aromatic nitrogens is 4. The smallest absolute Gasteiger partial charge is 0.274 e. The second kappa shape index (κ2) is 8.70. The summed E-state index contributed by atoms with van der Waals surface area (Å²) in [6.07, 6.45) is 1.59. The third kappa shape index (κ3) is 4.47. The molecule has 0 saturated carbocycles. The van der Waals surface area contributed by atoms with Gasteiger partial charge in [0.2, 0.25) is 0 Å². The molecule has 0 aliphatic carbocycles. The Morgan fingerprint density at radius 1 is 1.00 bits per heavy atom. The van der Waals surface area contributed by atoms with E-state index in [2.05, 4.69) is 20.6 Å². The Morgan fingerprint density at radius 2 is 1.70 bits per heavy atom. The van der Waals surface area contributed by atoms with Crippen molar-refractivity contribution >= 4 is 58.1 Å². The number of benzene rings is 2. The Morgan fingerprint density at radius 3 is 2.40 bits per heavy atom. The number of H-pyrrole nitrogens is 1. The van der Waals surface area contributed by atoms with Gasteiger partial charge in [0.15, 0.2) is 5.82 Å². The minimum absolute atomic E-state index is 0.215.